The molecule has 1 aromatic heterocycles. The van der Waals surface area contributed by atoms with Gasteiger partial charge in [-0.1, -0.05) is 0 Å². The highest BCUT2D eigenvalue weighted by atomic mass is 19.1. The lowest BCUT2D eigenvalue weighted by atomic mass is 9.90. The van der Waals surface area contributed by atoms with Crippen LogP contribution in [0.25, 0.3) is 0 Å². The van der Waals surface area contributed by atoms with Gasteiger partial charge in [-0.05, 0) is 38.7 Å². The number of aromatic nitrogens is 1. The van der Waals surface area contributed by atoms with Crippen molar-refractivity contribution in [2.24, 2.45) is 11.7 Å². The molecule has 2 rings (SSSR count). The van der Waals surface area contributed by atoms with E-state index in [0.29, 0.717) is 13.1 Å². The standard InChI is InChI=1S/C16H23FN4O2/c1-10(18)16(23)21-5-3-12(4-6-21)11(2)20-15(22)13-7-14(17)9-19-8-13/h7-12H,3-6,18H2,1-2H3,(H,20,22)/t10-,11?/m0/s1. The van der Waals surface area contributed by atoms with Crippen molar-refractivity contribution in [2.75, 3.05) is 13.1 Å². The summed E-state index contributed by atoms with van der Waals surface area (Å²) in [4.78, 5) is 29.4. The molecule has 2 heterocycles. The molecule has 0 bridgehead atoms. The fourth-order valence-corrected chi connectivity index (χ4v) is 2.85. The summed E-state index contributed by atoms with van der Waals surface area (Å²) < 4.78 is 13.1. The maximum Gasteiger partial charge on any atom is 0.253 e. The minimum Gasteiger partial charge on any atom is -0.349 e. The summed E-state index contributed by atoms with van der Waals surface area (Å²) in [5.74, 6) is -0.629. The van der Waals surface area contributed by atoms with Gasteiger partial charge in [0.15, 0.2) is 0 Å². The molecule has 2 atom stereocenters. The van der Waals surface area contributed by atoms with E-state index in [0.717, 1.165) is 19.0 Å². The molecule has 0 radical (unpaired) electrons. The Morgan fingerprint density at radius 2 is 2.00 bits per heavy atom. The molecule has 0 aromatic carbocycles. The number of likely N-dealkylation sites (tertiary alicyclic amines) is 1. The van der Waals surface area contributed by atoms with Gasteiger partial charge in [0.05, 0.1) is 17.8 Å². The summed E-state index contributed by atoms with van der Waals surface area (Å²) in [6, 6.07) is 0.626. The van der Waals surface area contributed by atoms with Crippen LogP contribution in [0.4, 0.5) is 4.39 Å². The first kappa shape index (κ1) is 17.3. The van der Waals surface area contributed by atoms with Crippen molar-refractivity contribution in [3.63, 3.8) is 0 Å². The van der Waals surface area contributed by atoms with E-state index in [2.05, 4.69) is 10.3 Å². The molecule has 1 aliphatic rings. The molecule has 3 N–H and O–H groups in total. The first-order valence-electron chi connectivity index (χ1n) is 7.84. The molecule has 2 amide bonds. The molecule has 7 heteroatoms. The van der Waals surface area contributed by atoms with E-state index < -0.39 is 11.9 Å². The maximum atomic E-state index is 13.1. The molecule has 1 aliphatic heterocycles. The van der Waals surface area contributed by atoms with Gasteiger partial charge in [-0.2, -0.15) is 0 Å². The number of rotatable bonds is 4. The van der Waals surface area contributed by atoms with Gasteiger partial charge >= 0.3 is 0 Å². The number of carbonyl (C=O) groups is 2. The van der Waals surface area contributed by atoms with Crippen LogP contribution in [0.15, 0.2) is 18.5 Å². The zero-order valence-electron chi connectivity index (χ0n) is 13.5. The number of nitrogens with one attached hydrogen (secondary N) is 1. The van der Waals surface area contributed by atoms with Crippen LogP contribution in [0.1, 0.15) is 37.0 Å². The van der Waals surface area contributed by atoms with Crippen LogP contribution in [-0.2, 0) is 4.79 Å². The topological polar surface area (TPSA) is 88.3 Å². The van der Waals surface area contributed by atoms with Crippen molar-refractivity contribution in [3.05, 3.63) is 29.8 Å². The Morgan fingerprint density at radius 1 is 1.35 bits per heavy atom. The zero-order valence-corrected chi connectivity index (χ0v) is 13.5. The zero-order chi connectivity index (χ0) is 17.0. The average molecular weight is 322 g/mol. The summed E-state index contributed by atoms with van der Waals surface area (Å²) in [5.41, 5.74) is 5.83. The van der Waals surface area contributed by atoms with Crippen LogP contribution in [0.5, 0.6) is 0 Å². The number of pyridine rings is 1. The van der Waals surface area contributed by atoms with Crippen molar-refractivity contribution in [1.29, 1.82) is 0 Å². The Morgan fingerprint density at radius 3 is 2.57 bits per heavy atom. The number of hydrogen-bond donors (Lipinski definition) is 2. The van der Waals surface area contributed by atoms with Gasteiger partial charge in [0.1, 0.15) is 5.82 Å². The smallest absolute Gasteiger partial charge is 0.253 e. The minimum atomic E-state index is -0.534. The van der Waals surface area contributed by atoms with E-state index in [1.807, 2.05) is 6.92 Å². The number of piperidine rings is 1. The van der Waals surface area contributed by atoms with Crippen molar-refractivity contribution in [1.82, 2.24) is 15.2 Å². The molecule has 1 fully saturated rings. The molecule has 1 saturated heterocycles. The Balaban J connectivity index is 1.86. The second-order valence-corrected chi connectivity index (χ2v) is 6.11. The second-order valence-electron chi connectivity index (χ2n) is 6.11. The fourth-order valence-electron chi connectivity index (χ4n) is 2.85. The van der Waals surface area contributed by atoms with Crippen LogP contribution < -0.4 is 11.1 Å². The third-order valence-corrected chi connectivity index (χ3v) is 4.27. The third kappa shape index (κ3) is 4.48. The van der Waals surface area contributed by atoms with E-state index in [4.69, 9.17) is 5.73 Å². The SMILES string of the molecule is CC(NC(=O)c1cncc(F)c1)C1CCN(C(=O)[C@H](C)N)CC1. The summed E-state index contributed by atoms with van der Waals surface area (Å²) in [6.45, 7) is 4.90. The number of nitrogens with zero attached hydrogens (tertiary/aromatic N) is 2. The van der Waals surface area contributed by atoms with Crippen LogP contribution in [0, 0.1) is 11.7 Å². The van der Waals surface area contributed by atoms with E-state index in [-0.39, 0.29) is 29.3 Å². The van der Waals surface area contributed by atoms with Crippen molar-refractivity contribution in [2.45, 2.75) is 38.8 Å². The van der Waals surface area contributed by atoms with Gasteiger partial charge in [0.2, 0.25) is 5.91 Å². The van der Waals surface area contributed by atoms with Crippen LogP contribution in [-0.4, -0.2) is 46.9 Å². The van der Waals surface area contributed by atoms with Gasteiger partial charge < -0.3 is 16.0 Å². The van der Waals surface area contributed by atoms with E-state index >= 15 is 0 Å². The summed E-state index contributed by atoms with van der Waals surface area (Å²) in [5, 5.41) is 2.89. The Hall–Kier alpha value is -2.02. The Labute approximate surface area is 135 Å². The average Bonchev–Trinajstić information content (AvgIpc) is 2.54. The molecular formula is C16H23FN4O2. The molecule has 23 heavy (non-hydrogen) atoms. The lowest BCUT2D eigenvalue weighted by molar-refractivity contribution is -0.133. The van der Waals surface area contributed by atoms with Crippen molar-refractivity contribution in [3.8, 4) is 0 Å². The highest BCUT2D eigenvalue weighted by Gasteiger charge is 2.28. The van der Waals surface area contributed by atoms with Gasteiger partial charge in [0.25, 0.3) is 5.91 Å². The monoisotopic (exact) mass is 322 g/mol. The highest BCUT2D eigenvalue weighted by Crippen LogP contribution is 2.21. The van der Waals surface area contributed by atoms with Gasteiger partial charge in [-0.15, -0.1) is 0 Å². The fraction of sp³-hybridized carbons (Fsp3) is 0.562. The minimum absolute atomic E-state index is 0.0361. The highest BCUT2D eigenvalue weighted by molar-refractivity contribution is 5.94. The number of carbonyl (C=O) groups excluding carboxylic acids is 2. The quantitative estimate of drug-likeness (QED) is 0.863. The molecule has 0 saturated carbocycles. The van der Waals surface area contributed by atoms with E-state index in [1.54, 1.807) is 11.8 Å². The van der Waals surface area contributed by atoms with E-state index in [1.165, 1.54) is 12.3 Å². The first-order chi connectivity index (χ1) is 10.9. The summed E-state index contributed by atoms with van der Waals surface area (Å²) in [6.07, 6.45) is 4.02. The Bertz CT molecular complexity index is 571. The molecule has 1 aromatic rings. The summed E-state index contributed by atoms with van der Waals surface area (Å²) in [7, 11) is 0. The largest absolute Gasteiger partial charge is 0.349 e. The van der Waals surface area contributed by atoms with Gasteiger partial charge in [0, 0.05) is 25.3 Å². The number of hydrogen-bond acceptors (Lipinski definition) is 4. The molecule has 0 aliphatic carbocycles. The molecular weight excluding hydrogens is 299 g/mol. The van der Waals surface area contributed by atoms with Crippen LogP contribution in [0.3, 0.4) is 0 Å². The molecule has 1 unspecified atom stereocenters. The Kier molecular flexibility index (Phi) is 5.65. The first-order valence-corrected chi connectivity index (χ1v) is 7.84. The van der Waals surface area contributed by atoms with Crippen molar-refractivity contribution < 1.29 is 14.0 Å². The van der Waals surface area contributed by atoms with Crippen LogP contribution >= 0.6 is 0 Å². The van der Waals surface area contributed by atoms with Gasteiger partial charge in [-0.3, -0.25) is 14.6 Å². The maximum absolute atomic E-state index is 13.1. The number of nitrogens with two attached hydrogens (primary N) is 1. The number of amides is 2. The van der Waals surface area contributed by atoms with Crippen molar-refractivity contribution >= 4 is 11.8 Å². The summed E-state index contributed by atoms with van der Waals surface area (Å²) >= 11 is 0. The molecule has 0 spiro atoms. The second kappa shape index (κ2) is 7.50. The predicted molar refractivity (Wildman–Crippen MR) is 84.1 cm³/mol. The van der Waals surface area contributed by atoms with Gasteiger partial charge in [-0.25, -0.2) is 4.39 Å². The lowest BCUT2D eigenvalue weighted by Gasteiger charge is -2.35. The molecule has 126 valence electrons. The third-order valence-electron chi connectivity index (χ3n) is 4.27. The normalized spacial score (nSPS) is 18.3. The van der Waals surface area contributed by atoms with Crippen LogP contribution in [0.2, 0.25) is 0 Å². The predicted octanol–water partition coefficient (Wildman–Crippen LogP) is 0.925. The number of halogens is 1. The van der Waals surface area contributed by atoms with E-state index in [9.17, 15) is 14.0 Å². The lowest BCUT2D eigenvalue weighted by Crippen LogP contribution is -2.49. The molecule has 6 nitrogen and oxygen atoms in total.